The van der Waals surface area contributed by atoms with E-state index in [0.29, 0.717) is 19.5 Å². The van der Waals surface area contributed by atoms with Gasteiger partial charge in [0.25, 0.3) is 5.91 Å². The Hall–Kier alpha value is -1.10. The average molecular weight is 186 g/mol. The number of hydrogen-bond donors (Lipinski definition) is 2. The molecule has 0 bridgehead atoms. The number of carbonyl (C=O) groups is 2. The maximum atomic E-state index is 11.2. The molecule has 0 aromatic carbocycles. The monoisotopic (exact) mass is 186 g/mol. The number of nitrogens with zero attached hydrogens (tertiary/aromatic N) is 1. The Balaban J connectivity index is 2.50. The highest BCUT2D eigenvalue weighted by molar-refractivity contribution is 5.83. The molecular weight excluding hydrogens is 172 g/mol. The van der Waals surface area contributed by atoms with Gasteiger partial charge in [0.2, 0.25) is 5.91 Å². The van der Waals surface area contributed by atoms with E-state index < -0.39 is 6.10 Å². The molecule has 5 heteroatoms. The van der Waals surface area contributed by atoms with E-state index in [9.17, 15) is 9.59 Å². The van der Waals surface area contributed by atoms with Crippen molar-refractivity contribution in [2.75, 3.05) is 13.1 Å². The van der Waals surface area contributed by atoms with E-state index in [2.05, 4.69) is 0 Å². The van der Waals surface area contributed by atoms with Gasteiger partial charge in [0, 0.05) is 13.1 Å². The largest absolute Gasteiger partial charge is 0.384 e. The molecule has 0 aliphatic carbocycles. The summed E-state index contributed by atoms with van der Waals surface area (Å²) >= 11 is 0. The highest BCUT2D eigenvalue weighted by atomic mass is 16.3. The van der Waals surface area contributed by atoms with Crippen LogP contribution in [0.1, 0.15) is 13.3 Å². The predicted molar refractivity (Wildman–Crippen MR) is 45.6 cm³/mol. The van der Waals surface area contributed by atoms with Crippen molar-refractivity contribution in [3.05, 3.63) is 0 Å². The van der Waals surface area contributed by atoms with Gasteiger partial charge in [0.15, 0.2) is 0 Å². The van der Waals surface area contributed by atoms with Gasteiger partial charge < -0.3 is 15.7 Å². The fourth-order valence-corrected chi connectivity index (χ4v) is 1.46. The Morgan fingerprint density at radius 1 is 1.62 bits per heavy atom. The second-order valence-corrected chi connectivity index (χ2v) is 3.35. The lowest BCUT2D eigenvalue weighted by Crippen LogP contribution is -2.37. The molecule has 1 saturated heterocycles. The molecule has 0 radical (unpaired) electrons. The third-order valence-electron chi connectivity index (χ3n) is 2.26. The number of primary amides is 1. The van der Waals surface area contributed by atoms with Crippen LogP contribution < -0.4 is 5.73 Å². The minimum Gasteiger partial charge on any atom is -0.384 e. The first-order valence-corrected chi connectivity index (χ1v) is 4.28. The number of rotatable bonds is 2. The van der Waals surface area contributed by atoms with Crippen LogP contribution in [0, 0.1) is 5.92 Å². The molecule has 1 aliphatic rings. The van der Waals surface area contributed by atoms with Crippen molar-refractivity contribution < 1.29 is 14.7 Å². The van der Waals surface area contributed by atoms with Gasteiger partial charge in [-0.1, -0.05) is 0 Å². The van der Waals surface area contributed by atoms with Crippen LogP contribution in [-0.4, -0.2) is 41.0 Å². The standard InChI is InChI=1S/C8H14N2O3/c1-5(11)8(13)10-3-2-6(4-10)7(9)12/h5-6,11H,2-4H2,1H3,(H2,9,12)/t5-,6-/m1/s1. The summed E-state index contributed by atoms with van der Waals surface area (Å²) in [5, 5.41) is 9.00. The molecule has 0 aromatic rings. The summed E-state index contributed by atoms with van der Waals surface area (Å²) in [5.41, 5.74) is 5.10. The average Bonchev–Trinajstić information content (AvgIpc) is 2.50. The minimum absolute atomic E-state index is 0.248. The highest BCUT2D eigenvalue weighted by Gasteiger charge is 2.30. The molecule has 0 saturated carbocycles. The molecule has 0 unspecified atom stereocenters. The number of carbonyl (C=O) groups excluding carboxylic acids is 2. The van der Waals surface area contributed by atoms with Crippen LogP contribution in [-0.2, 0) is 9.59 Å². The summed E-state index contributed by atoms with van der Waals surface area (Å²) < 4.78 is 0. The van der Waals surface area contributed by atoms with E-state index >= 15 is 0 Å². The predicted octanol–water partition coefficient (Wildman–Crippen LogP) is -1.30. The van der Waals surface area contributed by atoms with Gasteiger partial charge in [-0.05, 0) is 13.3 Å². The Bertz CT molecular complexity index is 227. The zero-order valence-electron chi connectivity index (χ0n) is 7.56. The van der Waals surface area contributed by atoms with E-state index in [4.69, 9.17) is 10.8 Å². The fraction of sp³-hybridized carbons (Fsp3) is 0.750. The first-order valence-electron chi connectivity index (χ1n) is 4.28. The summed E-state index contributed by atoms with van der Waals surface area (Å²) in [6.45, 7) is 2.27. The fourth-order valence-electron chi connectivity index (χ4n) is 1.46. The third-order valence-corrected chi connectivity index (χ3v) is 2.26. The quantitative estimate of drug-likeness (QED) is 0.562. The van der Waals surface area contributed by atoms with Gasteiger partial charge >= 0.3 is 0 Å². The number of aliphatic hydroxyl groups is 1. The number of nitrogens with two attached hydrogens (primary N) is 1. The van der Waals surface area contributed by atoms with Crippen LogP contribution in [0.5, 0.6) is 0 Å². The first kappa shape index (κ1) is 9.98. The maximum absolute atomic E-state index is 11.2. The van der Waals surface area contributed by atoms with E-state index in [-0.39, 0.29) is 17.7 Å². The summed E-state index contributed by atoms with van der Waals surface area (Å²) in [7, 11) is 0. The van der Waals surface area contributed by atoms with E-state index in [1.807, 2.05) is 0 Å². The molecule has 13 heavy (non-hydrogen) atoms. The molecule has 1 fully saturated rings. The zero-order valence-corrected chi connectivity index (χ0v) is 7.56. The molecule has 74 valence electrons. The van der Waals surface area contributed by atoms with Crippen molar-refractivity contribution in [3.63, 3.8) is 0 Å². The molecule has 1 rings (SSSR count). The van der Waals surface area contributed by atoms with Gasteiger partial charge in [0.1, 0.15) is 6.10 Å². The van der Waals surface area contributed by atoms with Gasteiger partial charge in [0.05, 0.1) is 5.92 Å². The van der Waals surface area contributed by atoms with E-state index in [0.717, 1.165) is 0 Å². The Kier molecular flexibility index (Phi) is 2.87. The summed E-state index contributed by atoms with van der Waals surface area (Å²) in [6.07, 6.45) is -0.389. The number of likely N-dealkylation sites (tertiary alicyclic amines) is 1. The highest BCUT2D eigenvalue weighted by Crippen LogP contribution is 2.16. The summed E-state index contributed by atoms with van der Waals surface area (Å²) in [5.74, 6) is -0.952. The number of hydrogen-bond acceptors (Lipinski definition) is 3. The Morgan fingerprint density at radius 3 is 2.62 bits per heavy atom. The maximum Gasteiger partial charge on any atom is 0.251 e. The second-order valence-electron chi connectivity index (χ2n) is 3.35. The van der Waals surface area contributed by atoms with Crippen LogP contribution in [0.4, 0.5) is 0 Å². The van der Waals surface area contributed by atoms with Crippen LogP contribution in [0.15, 0.2) is 0 Å². The SMILES string of the molecule is C[C@@H](O)C(=O)N1CC[C@@H](C(N)=O)C1. The van der Waals surface area contributed by atoms with Crippen LogP contribution in [0.25, 0.3) is 0 Å². The van der Waals surface area contributed by atoms with Crippen molar-refractivity contribution in [1.29, 1.82) is 0 Å². The van der Waals surface area contributed by atoms with Crippen LogP contribution in [0.3, 0.4) is 0 Å². The van der Waals surface area contributed by atoms with Gasteiger partial charge in [-0.3, -0.25) is 9.59 Å². The molecule has 2 atom stereocenters. The second kappa shape index (κ2) is 3.74. The van der Waals surface area contributed by atoms with Crippen molar-refractivity contribution in [1.82, 2.24) is 4.90 Å². The molecule has 2 amide bonds. The van der Waals surface area contributed by atoms with Gasteiger partial charge in [-0.15, -0.1) is 0 Å². The van der Waals surface area contributed by atoms with Crippen molar-refractivity contribution in [2.24, 2.45) is 11.7 Å². The lowest BCUT2D eigenvalue weighted by Gasteiger charge is -2.17. The smallest absolute Gasteiger partial charge is 0.251 e. The first-order chi connectivity index (χ1) is 6.02. The van der Waals surface area contributed by atoms with E-state index in [1.54, 1.807) is 0 Å². The molecule has 3 N–H and O–H groups in total. The van der Waals surface area contributed by atoms with Crippen LogP contribution >= 0.6 is 0 Å². The van der Waals surface area contributed by atoms with E-state index in [1.165, 1.54) is 11.8 Å². The van der Waals surface area contributed by atoms with Crippen molar-refractivity contribution in [3.8, 4) is 0 Å². The topological polar surface area (TPSA) is 83.6 Å². The minimum atomic E-state index is -0.994. The van der Waals surface area contributed by atoms with Gasteiger partial charge in [-0.2, -0.15) is 0 Å². The molecule has 1 heterocycles. The normalized spacial score (nSPS) is 24.5. The number of aliphatic hydroxyl groups excluding tert-OH is 1. The lowest BCUT2D eigenvalue weighted by molar-refractivity contribution is -0.138. The number of amides is 2. The Labute approximate surface area is 76.5 Å². The summed E-state index contributed by atoms with van der Waals surface area (Å²) in [6, 6.07) is 0. The summed E-state index contributed by atoms with van der Waals surface area (Å²) in [4.78, 5) is 23.5. The molecule has 0 spiro atoms. The molecule has 0 aromatic heterocycles. The van der Waals surface area contributed by atoms with Crippen LogP contribution in [0.2, 0.25) is 0 Å². The zero-order chi connectivity index (χ0) is 10.0. The van der Waals surface area contributed by atoms with Crippen molar-refractivity contribution >= 4 is 11.8 Å². The van der Waals surface area contributed by atoms with Crippen molar-refractivity contribution in [2.45, 2.75) is 19.4 Å². The third kappa shape index (κ3) is 2.18. The molecular formula is C8H14N2O3. The van der Waals surface area contributed by atoms with Gasteiger partial charge in [-0.25, -0.2) is 0 Å². The molecule has 1 aliphatic heterocycles. The molecule has 5 nitrogen and oxygen atoms in total. The Morgan fingerprint density at radius 2 is 2.23 bits per heavy atom. The lowest BCUT2D eigenvalue weighted by atomic mass is 10.1.